The van der Waals surface area contributed by atoms with E-state index >= 15 is 0 Å². The van der Waals surface area contributed by atoms with Gasteiger partial charge in [0.1, 0.15) is 5.82 Å². The molecule has 1 unspecified atom stereocenters. The quantitative estimate of drug-likeness (QED) is 0.314. The number of amides is 1. The number of anilines is 4. The maximum Gasteiger partial charge on any atom is 0.252 e. The molecule has 2 heterocycles. The van der Waals surface area contributed by atoms with Crippen LogP contribution in [0, 0.1) is 5.82 Å². The number of carbonyl (C=O) groups excluding carboxylic acids is 1. The molecule has 10 nitrogen and oxygen atoms in total. The van der Waals surface area contributed by atoms with Crippen molar-refractivity contribution in [2.45, 2.75) is 44.7 Å². The van der Waals surface area contributed by atoms with E-state index in [1.54, 1.807) is 31.2 Å². The van der Waals surface area contributed by atoms with Crippen LogP contribution in [-0.4, -0.2) is 42.1 Å². The molecule has 3 aromatic rings. The van der Waals surface area contributed by atoms with Crippen LogP contribution in [0.1, 0.15) is 43.0 Å². The van der Waals surface area contributed by atoms with E-state index in [2.05, 4.69) is 25.3 Å². The standard InChI is InChI=1S/C23H28FN7O3S/c1-2-35(33,34)31-19-9-5-6-13-10-14(12-27-20(13)19)28-22-15(21(26)32)11-16(24)23(30-22)29-18-8-4-3-7-17(18)25/h5-6,9-12,17-18,31H,2-4,7-8,25H2,1H3,(H2,26,32)(H2,28,29,30)/t17-,18?/m0/s1. The van der Waals surface area contributed by atoms with Gasteiger partial charge in [0.2, 0.25) is 10.0 Å². The molecule has 1 aromatic carbocycles. The second-order valence-corrected chi connectivity index (χ2v) is 10.5. The number of nitrogens with one attached hydrogen (secondary N) is 3. The summed E-state index contributed by atoms with van der Waals surface area (Å²) in [5, 5.41) is 6.70. The van der Waals surface area contributed by atoms with Crippen molar-refractivity contribution in [1.29, 1.82) is 0 Å². The number of benzene rings is 1. The average molecular weight is 502 g/mol. The van der Waals surface area contributed by atoms with Crippen molar-refractivity contribution in [2.75, 3.05) is 21.1 Å². The Hall–Kier alpha value is -3.51. The molecule has 186 valence electrons. The average Bonchev–Trinajstić information content (AvgIpc) is 2.82. The van der Waals surface area contributed by atoms with E-state index in [0.29, 0.717) is 22.3 Å². The summed E-state index contributed by atoms with van der Waals surface area (Å²) in [5.74, 6) is -1.58. The van der Waals surface area contributed by atoms with Crippen molar-refractivity contribution in [2.24, 2.45) is 11.5 Å². The van der Waals surface area contributed by atoms with Gasteiger partial charge < -0.3 is 22.1 Å². The van der Waals surface area contributed by atoms with Crippen LogP contribution in [0.15, 0.2) is 36.5 Å². The Balaban J connectivity index is 1.66. The second kappa shape index (κ2) is 10.0. The predicted octanol–water partition coefficient (Wildman–Crippen LogP) is 3.05. The van der Waals surface area contributed by atoms with Gasteiger partial charge in [0.15, 0.2) is 11.6 Å². The van der Waals surface area contributed by atoms with Gasteiger partial charge in [-0.05, 0) is 38.0 Å². The lowest BCUT2D eigenvalue weighted by Gasteiger charge is -2.30. The number of hydrogen-bond acceptors (Lipinski definition) is 8. The summed E-state index contributed by atoms with van der Waals surface area (Å²) < 4.78 is 41.3. The molecule has 4 rings (SSSR count). The molecule has 0 radical (unpaired) electrons. The van der Waals surface area contributed by atoms with Crippen molar-refractivity contribution < 1.29 is 17.6 Å². The van der Waals surface area contributed by atoms with E-state index in [9.17, 15) is 17.6 Å². The van der Waals surface area contributed by atoms with E-state index in [-0.39, 0.29) is 35.0 Å². The number of primary amides is 1. The van der Waals surface area contributed by atoms with Crippen LogP contribution in [0.5, 0.6) is 0 Å². The number of pyridine rings is 2. The number of rotatable bonds is 8. The third kappa shape index (κ3) is 5.60. The topological polar surface area (TPSA) is 165 Å². The molecule has 12 heteroatoms. The number of nitrogens with zero attached hydrogens (tertiary/aromatic N) is 2. The van der Waals surface area contributed by atoms with Crippen LogP contribution in [0.25, 0.3) is 10.9 Å². The second-order valence-electron chi connectivity index (χ2n) is 8.51. The maximum atomic E-state index is 14.8. The smallest absolute Gasteiger partial charge is 0.252 e. The predicted molar refractivity (Wildman–Crippen MR) is 135 cm³/mol. The molecule has 1 saturated carbocycles. The molecule has 0 aliphatic heterocycles. The monoisotopic (exact) mass is 501 g/mol. The van der Waals surface area contributed by atoms with E-state index in [1.165, 1.54) is 6.20 Å². The summed E-state index contributed by atoms with van der Waals surface area (Å²) in [7, 11) is -3.48. The Morgan fingerprint density at radius 2 is 1.97 bits per heavy atom. The number of hydrogen-bond donors (Lipinski definition) is 5. The number of fused-ring (bicyclic) bond motifs is 1. The molecule has 2 aromatic heterocycles. The molecule has 7 N–H and O–H groups in total. The van der Waals surface area contributed by atoms with Crippen LogP contribution in [-0.2, 0) is 10.0 Å². The summed E-state index contributed by atoms with van der Waals surface area (Å²) in [6, 6.07) is 7.58. The maximum absolute atomic E-state index is 14.8. The van der Waals surface area contributed by atoms with Gasteiger partial charge in [-0.2, -0.15) is 0 Å². The molecule has 0 spiro atoms. The summed E-state index contributed by atoms with van der Waals surface area (Å²) in [6.07, 6.45) is 5.10. The van der Waals surface area contributed by atoms with Crippen LogP contribution in [0.2, 0.25) is 0 Å². The van der Waals surface area contributed by atoms with Crippen LogP contribution in [0.4, 0.5) is 27.4 Å². The van der Waals surface area contributed by atoms with Crippen LogP contribution >= 0.6 is 0 Å². The van der Waals surface area contributed by atoms with Gasteiger partial charge in [0.05, 0.1) is 34.4 Å². The Labute approximate surface area is 202 Å². The first-order valence-electron chi connectivity index (χ1n) is 11.4. The largest absolute Gasteiger partial charge is 0.365 e. The van der Waals surface area contributed by atoms with Crippen LogP contribution < -0.4 is 26.8 Å². The molecule has 1 amide bonds. The first-order valence-corrected chi connectivity index (χ1v) is 13.0. The first kappa shape index (κ1) is 24.6. The van der Waals surface area contributed by atoms with E-state index < -0.39 is 21.7 Å². The molecular formula is C23H28FN7O3S. The number of sulfonamides is 1. The van der Waals surface area contributed by atoms with Crippen molar-refractivity contribution in [3.05, 3.63) is 47.9 Å². The normalized spacial score (nSPS) is 18.3. The Bertz CT molecular complexity index is 1370. The highest BCUT2D eigenvalue weighted by molar-refractivity contribution is 7.92. The minimum absolute atomic E-state index is 0.0233. The zero-order chi connectivity index (χ0) is 25.2. The van der Waals surface area contributed by atoms with Gasteiger partial charge >= 0.3 is 0 Å². The molecule has 0 saturated heterocycles. The molecule has 2 atom stereocenters. The Morgan fingerprint density at radius 1 is 1.20 bits per heavy atom. The highest BCUT2D eigenvalue weighted by Crippen LogP contribution is 2.29. The third-order valence-electron chi connectivity index (χ3n) is 6.00. The minimum atomic E-state index is -3.48. The van der Waals surface area contributed by atoms with Crippen molar-refractivity contribution in [1.82, 2.24) is 9.97 Å². The summed E-state index contributed by atoms with van der Waals surface area (Å²) in [4.78, 5) is 20.7. The zero-order valence-corrected chi connectivity index (χ0v) is 20.0. The minimum Gasteiger partial charge on any atom is -0.365 e. The highest BCUT2D eigenvalue weighted by atomic mass is 32.2. The molecular weight excluding hydrogens is 473 g/mol. The van der Waals surface area contributed by atoms with Crippen LogP contribution in [0.3, 0.4) is 0 Å². The summed E-state index contributed by atoms with van der Waals surface area (Å²) in [5.41, 5.74) is 12.8. The lowest BCUT2D eigenvalue weighted by molar-refractivity contribution is 0.100. The van der Waals surface area contributed by atoms with Crippen molar-refractivity contribution >= 4 is 49.8 Å². The first-order chi connectivity index (χ1) is 16.7. The molecule has 1 fully saturated rings. The Kier molecular flexibility index (Phi) is 7.03. The fourth-order valence-electron chi connectivity index (χ4n) is 4.08. The van der Waals surface area contributed by atoms with Gasteiger partial charge in [0, 0.05) is 17.5 Å². The number of nitrogens with two attached hydrogens (primary N) is 2. The Morgan fingerprint density at radius 3 is 2.69 bits per heavy atom. The number of para-hydroxylation sites is 1. The van der Waals surface area contributed by atoms with Gasteiger partial charge in [-0.25, -0.2) is 17.8 Å². The summed E-state index contributed by atoms with van der Waals surface area (Å²) in [6.45, 7) is 1.54. The highest BCUT2D eigenvalue weighted by Gasteiger charge is 2.24. The zero-order valence-electron chi connectivity index (χ0n) is 19.2. The lowest BCUT2D eigenvalue weighted by atomic mass is 9.91. The third-order valence-corrected chi connectivity index (χ3v) is 7.29. The molecule has 0 bridgehead atoms. The fourth-order valence-corrected chi connectivity index (χ4v) is 4.72. The van der Waals surface area contributed by atoms with Gasteiger partial charge in [-0.15, -0.1) is 0 Å². The van der Waals surface area contributed by atoms with Gasteiger partial charge in [-0.1, -0.05) is 25.0 Å². The van der Waals surface area contributed by atoms with Gasteiger partial charge in [0.25, 0.3) is 5.91 Å². The van der Waals surface area contributed by atoms with E-state index in [4.69, 9.17) is 11.5 Å². The fraction of sp³-hybridized carbons (Fsp3) is 0.348. The van der Waals surface area contributed by atoms with E-state index in [1.807, 2.05) is 0 Å². The molecule has 1 aliphatic carbocycles. The van der Waals surface area contributed by atoms with Crippen molar-refractivity contribution in [3.63, 3.8) is 0 Å². The number of carbonyl (C=O) groups is 1. The lowest BCUT2D eigenvalue weighted by Crippen LogP contribution is -2.43. The number of halogens is 1. The van der Waals surface area contributed by atoms with Crippen molar-refractivity contribution in [3.8, 4) is 0 Å². The SMILES string of the molecule is CCS(=O)(=O)Nc1cccc2cc(Nc3nc(NC4CCCC[C@@H]4N)c(F)cc3C(N)=O)cnc12. The molecule has 1 aliphatic rings. The molecule has 35 heavy (non-hydrogen) atoms. The summed E-state index contributed by atoms with van der Waals surface area (Å²) >= 11 is 0. The van der Waals surface area contributed by atoms with Gasteiger partial charge in [-0.3, -0.25) is 14.5 Å². The number of aromatic nitrogens is 2. The van der Waals surface area contributed by atoms with E-state index in [0.717, 1.165) is 31.7 Å².